The fraction of sp³-hybridized carbons (Fsp3) is 0.538. The monoisotopic (exact) mass is 273 g/mol. The van der Waals surface area contributed by atoms with E-state index in [1.165, 1.54) is 18.9 Å². The molecule has 2 fully saturated rings. The van der Waals surface area contributed by atoms with Crippen molar-refractivity contribution < 1.29 is 4.92 Å². The Morgan fingerprint density at radius 3 is 3.05 bits per heavy atom. The lowest BCUT2D eigenvalue weighted by atomic mass is 9.94. The normalized spacial score (nSPS) is 25.1. The Balaban J connectivity index is 1.85. The van der Waals surface area contributed by atoms with Gasteiger partial charge in [0, 0.05) is 25.2 Å². The minimum Gasteiger partial charge on any atom is -0.355 e. The zero-order valence-electron chi connectivity index (χ0n) is 11.0. The van der Waals surface area contributed by atoms with Gasteiger partial charge in [-0.15, -0.1) is 0 Å². The molecule has 7 heteroatoms. The van der Waals surface area contributed by atoms with Crippen LogP contribution in [0.25, 0.3) is 0 Å². The highest BCUT2D eigenvalue weighted by molar-refractivity contribution is 5.52. The molecule has 7 nitrogen and oxygen atoms in total. The summed E-state index contributed by atoms with van der Waals surface area (Å²) in [7, 11) is 0. The maximum Gasteiger partial charge on any atom is 0.305 e. The first-order valence-corrected chi connectivity index (χ1v) is 6.73. The van der Waals surface area contributed by atoms with Gasteiger partial charge in [0.25, 0.3) is 0 Å². The van der Waals surface area contributed by atoms with E-state index >= 15 is 0 Å². The van der Waals surface area contributed by atoms with E-state index < -0.39 is 4.92 Å². The highest BCUT2D eigenvalue weighted by Gasteiger charge is 2.35. The molecular formula is C13H15N5O2. The van der Waals surface area contributed by atoms with E-state index in [-0.39, 0.29) is 11.4 Å². The number of pyridine rings is 1. The molecule has 0 radical (unpaired) electrons. The van der Waals surface area contributed by atoms with Gasteiger partial charge in [-0.05, 0) is 31.4 Å². The van der Waals surface area contributed by atoms with Crippen molar-refractivity contribution >= 4 is 11.5 Å². The minimum atomic E-state index is -0.569. The molecule has 0 amide bonds. The van der Waals surface area contributed by atoms with Crippen LogP contribution in [0.1, 0.15) is 18.5 Å². The van der Waals surface area contributed by atoms with Crippen LogP contribution in [0.3, 0.4) is 0 Å². The zero-order chi connectivity index (χ0) is 14.1. The molecule has 2 aliphatic heterocycles. The highest BCUT2D eigenvalue weighted by Crippen LogP contribution is 2.29. The van der Waals surface area contributed by atoms with Gasteiger partial charge in [0.05, 0.1) is 4.92 Å². The molecule has 2 atom stereocenters. The number of fused-ring (bicyclic) bond motifs is 1. The van der Waals surface area contributed by atoms with Crippen LogP contribution >= 0.6 is 0 Å². The van der Waals surface area contributed by atoms with Crippen molar-refractivity contribution in [2.45, 2.75) is 18.9 Å². The predicted molar refractivity (Wildman–Crippen MR) is 72.3 cm³/mol. The average Bonchev–Trinajstić information content (AvgIpc) is 2.90. The van der Waals surface area contributed by atoms with Gasteiger partial charge < -0.3 is 10.2 Å². The maximum absolute atomic E-state index is 10.8. The fourth-order valence-corrected chi connectivity index (χ4v) is 3.08. The molecule has 2 aliphatic rings. The topological polar surface area (TPSA) is 95.1 Å². The Hall–Kier alpha value is -2.20. The Kier molecular flexibility index (Phi) is 3.24. The van der Waals surface area contributed by atoms with E-state index in [2.05, 4.69) is 15.2 Å². The first kappa shape index (κ1) is 12.8. The van der Waals surface area contributed by atoms with E-state index in [1.807, 2.05) is 6.07 Å². The first-order valence-electron chi connectivity index (χ1n) is 6.73. The number of nitriles is 1. The molecule has 0 unspecified atom stereocenters. The molecule has 1 aromatic rings. The molecule has 3 rings (SSSR count). The molecule has 2 saturated heterocycles. The zero-order valence-corrected chi connectivity index (χ0v) is 11.0. The second-order valence-corrected chi connectivity index (χ2v) is 5.27. The van der Waals surface area contributed by atoms with Crippen molar-refractivity contribution in [2.24, 2.45) is 5.92 Å². The summed E-state index contributed by atoms with van der Waals surface area (Å²) < 4.78 is 0. The van der Waals surface area contributed by atoms with E-state index in [9.17, 15) is 10.1 Å². The van der Waals surface area contributed by atoms with Gasteiger partial charge in [-0.3, -0.25) is 10.1 Å². The fourth-order valence-electron chi connectivity index (χ4n) is 3.08. The van der Waals surface area contributed by atoms with Crippen molar-refractivity contribution in [3.63, 3.8) is 0 Å². The number of anilines is 1. The van der Waals surface area contributed by atoms with Crippen LogP contribution in [0.5, 0.6) is 0 Å². The number of piperidine rings is 1. The molecule has 1 aromatic heterocycles. The summed E-state index contributed by atoms with van der Waals surface area (Å²) >= 11 is 0. The molecular weight excluding hydrogens is 258 g/mol. The number of aromatic nitrogens is 1. The number of nitrogens with one attached hydrogen (secondary N) is 1. The van der Waals surface area contributed by atoms with Crippen LogP contribution in [0, 0.1) is 27.4 Å². The average molecular weight is 273 g/mol. The van der Waals surface area contributed by atoms with E-state index in [4.69, 9.17) is 5.26 Å². The molecule has 1 N–H and O–H groups in total. The van der Waals surface area contributed by atoms with Gasteiger partial charge in [-0.1, -0.05) is 0 Å². The van der Waals surface area contributed by atoms with Crippen LogP contribution in [0.2, 0.25) is 0 Å². The molecule has 0 spiro atoms. The van der Waals surface area contributed by atoms with Gasteiger partial charge >= 0.3 is 5.69 Å². The summed E-state index contributed by atoms with van der Waals surface area (Å²) in [5.74, 6) is 1.26. The maximum atomic E-state index is 10.8. The number of nitro groups is 1. The van der Waals surface area contributed by atoms with Crippen LogP contribution in [0.4, 0.5) is 11.5 Å². The Bertz CT molecular complexity index is 569. The number of rotatable bonds is 2. The molecule has 3 heterocycles. The van der Waals surface area contributed by atoms with Gasteiger partial charge in [-0.25, -0.2) is 4.98 Å². The summed E-state index contributed by atoms with van der Waals surface area (Å²) in [5.41, 5.74) is -0.346. The Morgan fingerprint density at radius 2 is 2.35 bits per heavy atom. The third kappa shape index (κ3) is 2.18. The Labute approximate surface area is 116 Å². The summed E-state index contributed by atoms with van der Waals surface area (Å²) in [4.78, 5) is 16.5. The van der Waals surface area contributed by atoms with Gasteiger partial charge in [0.15, 0.2) is 0 Å². The predicted octanol–water partition coefficient (Wildman–Crippen LogP) is 1.05. The van der Waals surface area contributed by atoms with Crippen molar-refractivity contribution in [3.05, 3.63) is 27.9 Å². The van der Waals surface area contributed by atoms with E-state index in [0.29, 0.717) is 17.8 Å². The van der Waals surface area contributed by atoms with Gasteiger partial charge in [-0.2, -0.15) is 5.26 Å². The molecule has 0 aliphatic carbocycles. The van der Waals surface area contributed by atoms with Crippen LogP contribution in [0.15, 0.2) is 12.1 Å². The molecule has 104 valence electrons. The largest absolute Gasteiger partial charge is 0.355 e. The third-order valence-corrected chi connectivity index (χ3v) is 4.09. The number of nitrogens with zero attached hydrogens (tertiary/aromatic N) is 4. The highest BCUT2D eigenvalue weighted by atomic mass is 16.6. The lowest BCUT2D eigenvalue weighted by Gasteiger charge is -2.24. The minimum absolute atomic E-state index is 0.115. The molecule has 20 heavy (non-hydrogen) atoms. The van der Waals surface area contributed by atoms with Crippen LogP contribution in [-0.4, -0.2) is 35.6 Å². The van der Waals surface area contributed by atoms with E-state index in [1.54, 1.807) is 6.07 Å². The number of hydrogen-bond acceptors (Lipinski definition) is 6. The lowest BCUT2D eigenvalue weighted by molar-refractivity contribution is -0.385. The summed E-state index contributed by atoms with van der Waals surface area (Å²) in [6, 6.07) is 5.28. The second kappa shape index (κ2) is 5.06. The summed E-state index contributed by atoms with van der Waals surface area (Å²) in [6.07, 6.45) is 2.39. The quantitative estimate of drug-likeness (QED) is 0.639. The van der Waals surface area contributed by atoms with Crippen molar-refractivity contribution in [1.29, 1.82) is 5.26 Å². The van der Waals surface area contributed by atoms with E-state index in [0.717, 1.165) is 19.6 Å². The summed E-state index contributed by atoms with van der Waals surface area (Å²) in [6.45, 7) is 2.79. The molecule has 0 bridgehead atoms. The molecule has 0 saturated carbocycles. The van der Waals surface area contributed by atoms with Crippen LogP contribution < -0.4 is 10.2 Å². The van der Waals surface area contributed by atoms with Gasteiger partial charge in [0.2, 0.25) is 5.69 Å². The standard InChI is InChI=1S/C13H15N5O2/c14-6-10-12(18(19)20)3-4-13(16-10)17-7-9-2-1-5-15-11(9)8-17/h3-4,9,11,15H,1-2,5,7-8H2/t9-,11+/m0/s1. The third-order valence-electron chi connectivity index (χ3n) is 4.09. The van der Waals surface area contributed by atoms with Crippen LogP contribution in [-0.2, 0) is 0 Å². The Morgan fingerprint density at radius 1 is 1.50 bits per heavy atom. The first-order chi connectivity index (χ1) is 9.69. The van der Waals surface area contributed by atoms with Gasteiger partial charge in [0.1, 0.15) is 11.9 Å². The van der Waals surface area contributed by atoms with Crippen molar-refractivity contribution in [2.75, 3.05) is 24.5 Å². The summed E-state index contributed by atoms with van der Waals surface area (Å²) in [5, 5.41) is 23.3. The number of hydrogen-bond donors (Lipinski definition) is 1. The molecule has 0 aromatic carbocycles. The second-order valence-electron chi connectivity index (χ2n) is 5.27. The lowest BCUT2D eigenvalue weighted by Crippen LogP contribution is -2.40. The smallest absolute Gasteiger partial charge is 0.305 e. The van der Waals surface area contributed by atoms with Crippen molar-refractivity contribution in [3.8, 4) is 6.07 Å². The SMILES string of the molecule is N#Cc1nc(N2C[C@@H]3CCCN[C@@H]3C2)ccc1[N+](=O)[O-]. The van der Waals surface area contributed by atoms with Crippen molar-refractivity contribution in [1.82, 2.24) is 10.3 Å².